The predicted octanol–water partition coefficient (Wildman–Crippen LogP) is 2.78. The van der Waals surface area contributed by atoms with E-state index in [2.05, 4.69) is 0 Å². The lowest BCUT2D eigenvalue weighted by Crippen LogP contribution is -2.48. The first-order valence-electron chi connectivity index (χ1n) is 6.82. The zero-order valence-corrected chi connectivity index (χ0v) is 11.7. The predicted molar refractivity (Wildman–Crippen MR) is 74.4 cm³/mol. The molecule has 0 radical (unpaired) electrons. The smallest absolute Gasteiger partial charge is 0.254 e. The quantitative estimate of drug-likeness (QED) is 0.859. The number of hydrogen-bond acceptors (Lipinski definition) is 2. The van der Waals surface area contributed by atoms with Crippen LogP contribution >= 0.6 is 11.6 Å². The van der Waals surface area contributed by atoms with Gasteiger partial charge in [-0.25, -0.2) is 0 Å². The number of nitrogens with zero attached hydrogens (tertiary/aromatic N) is 1. The molecule has 0 aromatic heterocycles. The highest BCUT2D eigenvalue weighted by atomic mass is 35.5. The van der Waals surface area contributed by atoms with Crippen molar-refractivity contribution in [2.24, 2.45) is 0 Å². The fraction of sp³-hybridized carbons (Fsp3) is 0.533. The molecular formula is C15H18ClNO2. The standard InChI is InChI=1S/C15H18ClNO2/c1-9-4-10(6-11(16)5-9)15(19)17-12-2-3-13(17)8-14(18)7-12/h4-6,12-14,18H,2-3,7-8H2,1H3. The van der Waals surface area contributed by atoms with E-state index in [0.29, 0.717) is 23.4 Å². The second-order valence-electron chi connectivity index (χ2n) is 5.74. The summed E-state index contributed by atoms with van der Waals surface area (Å²) in [5.41, 5.74) is 1.67. The summed E-state index contributed by atoms with van der Waals surface area (Å²) in [6.45, 7) is 1.94. The minimum Gasteiger partial charge on any atom is -0.393 e. The molecule has 102 valence electrons. The van der Waals surface area contributed by atoms with Crippen LogP contribution in [0.2, 0.25) is 5.02 Å². The minimum absolute atomic E-state index is 0.0602. The van der Waals surface area contributed by atoms with Crippen molar-refractivity contribution in [3.05, 3.63) is 34.3 Å². The first kappa shape index (κ1) is 12.9. The van der Waals surface area contributed by atoms with Gasteiger partial charge in [-0.05, 0) is 56.4 Å². The summed E-state index contributed by atoms with van der Waals surface area (Å²) in [6, 6.07) is 5.87. The number of carbonyl (C=O) groups excluding carboxylic acids is 1. The summed E-state index contributed by atoms with van der Waals surface area (Å²) in [5.74, 6) is 0.0602. The lowest BCUT2D eigenvalue weighted by atomic mass is 9.98. The highest BCUT2D eigenvalue weighted by Crippen LogP contribution is 2.37. The highest BCUT2D eigenvalue weighted by molar-refractivity contribution is 6.31. The maximum absolute atomic E-state index is 12.7. The van der Waals surface area contributed by atoms with Crippen LogP contribution in [0.5, 0.6) is 0 Å². The Bertz CT molecular complexity index is 483. The molecule has 2 aliphatic rings. The number of aryl methyl sites for hydroxylation is 1. The van der Waals surface area contributed by atoms with Gasteiger partial charge in [0.05, 0.1) is 6.10 Å². The molecule has 2 atom stereocenters. The van der Waals surface area contributed by atoms with Gasteiger partial charge in [0.25, 0.3) is 5.91 Å². The number of piperidine rings is 1. The van der Waals surface area contributed by atoms with Gasteiger partial charge in [-0.2, -0.15) is 0 Å². The molecule has 3 rings (SSSR count). The van der Waals surface area contributed by atoms with E-state index < -0.39 is 0 Å². The van der Waals surface area contributed by atoms with Crippen molar-refractivity contribution in [3.63, 3.8) is 0 Å². The Hall–Kier alpha value is -1.06. The molecule has 19 heavy (non-hydrogen) atoms. The topological polar surface area (TPSA) is 40.5 Å². The average molecular weight is 280 g/mol. The van der Waals surface area contributed by atoms with E-state index >= 15 is 0 Å². The van der Waals surface area contributed by atoms with E-state index in [1.807, 2.05) is 24.0 Å². The summed E-state index contributed by atoms with van der Waals surface area (Å²) < 4.78 is 0. The van der Waals surface area contributed by atoms with Crippen molar-refractivity contribution < 1.29 is 9.90 Å². The zero-order chi connectivity index (χ0) is 13.6. The van der Waals surface area contributed by atoms with E-state index in [9.17, 15) is 9.90 Å². The summed E-state index contributed by atoms with van der Waals surface area (Å²) in [7, 11) is 0. The third kappa shape index (κ3) is 2.37. The maximum Gasteiger partial charge on any atom is 0.254 e. The van der Waals surface area contributed by atoms with Gasteiger partial charge in [-0.1, -0.05) is 11.6 Å². The molecule has 1 N–H and O–H groups in total. The molecule has 2 unspecified atom stereocenters. The Morgan fingerprint density at radius 2 is 1.89 bits per heavy atom. The Balaban J connectivity index is 1.88. The van der Waals surface area contributed by atoms with E-state index in [-0.39, 0.29) is 24.1 Å². The van der Waals surface area contributed by atoms with Crippen LogP contribution in [0.25, 0.3) is 0 Å². The van der Waals surface area contributed by atoms with Gasteiger partial charge in [-0.15, -0.1) is 0 Å². The van der Waals surface area contributed by atoms with Crippen molar-refractivity contribution in [2.75, 3.05) is 0 Å². The van der Waals surface area contributed by atoms with Crippen molar-refractivity contribution in [1.29, 1.82) is 0 Å². The highest BCUT2D eigenvalue weighted by Gasteiger charge is 2.42. The van der Waals surface area contributed by atoms with E-state index in [1.54, 1.807) is 6.07 Å². The molecule has 2 bridgehead atoms. The number of halogens is 1. The first-order chi connectivity index (χ1) is 9.04. The van der Waals surface area contributed by atoms with Gasteiger partial charge < -0.3 is 10.0 Å². The van der Waals surface area contributed by atoms with Crippen LogP contribution in [-0.4, -0.2) is 34.1 Å². The number of carbonyl (C=O) groups is 1. The molecule has 2 saturated heterocycles. The molecule has 0 spiro atoms. The molecule has 0 saturated carbocycles. The van der Waals surface area contributed by atoms with E-state index in [1.165, 1.54) is 0 Å². The normalized spacial score (nSPS) is 29.6. The number of amides is 1. The largest absolute Gasteiger partial charge is 0.393 e. The van der Waals surface area contributed by atoms with E-state index in [4.69, 9.17) is 11.6 Å². The molecule has 2 aliphatic heterocycles. The summed E-state index contributed by atoms with van der Waals surface area (Å²) >= 11 is 6.03. The maximum atomic E-state index is 12.7. The number of benzene rings is 1. The molecule has 2 heterocycles. The molecule has 1 aromatic carbocycles. The first-order valence-corrected chi connectivity index (χ1v) is 7.20. The SMILES string of the molecule is Cc1cc(Cl)cc(C(=O)N2C3CCC2CC(O)C3)c1. The van der Waals surface area contributed by atoms with Crippen molar-refractivity contribution >= 4 is 17.5 Å². The number of hydrogen-bond donors (Lipinski definition) is 1. The van der Waals surface area contributed by atoms with E-state index in [0.717, 1.165) is 18.4 Å². The number of aliphatic hydroxyl groups is 1. The van der Waals surface area contributed by atoms with Gasteiger partial charge >= 0.3 is 0 Å². The molecule has 1 amide bonds. The Morgan fingerprint density at radius 3 is 2.47 bits per heavy atom. The van der Waals surface area contributed by atoms with Crippen molar-refractivity contribution in [1.82, 2.24) is 4.90 Å². The van der Waals surface area contributed by atoms with Gasteiger partial charge in [0.2, 0.25) is 0 Å². The zero-order valence-electron chi connectivity index (χ0n) is 11.0. The van der Waals surface area contributed by atoms with Crippen molar-refractivity contribution in [3.8, 4) is 0 Å². The van der Waals surface area contributed by atoms with Crippen LogP contribution in [0, 0.1) is 6.92 Å². The molecule has 0 aliphatic carbocycles. The lowest BCUT2D eigenvalue weighted by Gasteiger charge is -2.37. The summed E-state index contributed by atoms with van der Waals surface area (Å²) in [6.07, 6.45) is 3.19. The number of fused-ring (bicyclic) bond motifs is 2. The molecule has 4 heteroatoms. The molecular weight excluding hydrogens is 262 g/mol. The fourth-order valence-corrected chi connectivity index (χ4v) is 3.78. The Morgan fingerprint density at radius 1 is 1.26 bits per heavy atom. The second kappa shape index (κ2) is 4.80. The fourth-order valence-electron chi connectivity index (χ4n) is 3.49. The van der Waals surface area contributed by atoms with Crippen LogP contribution in [0.3, 0.4) is 0 Å². The van der Waals surface area contributed by atoms with Gasteiger partial charge in [0, 0.05) is 22.7 Å². The summed E-state index contributed by atoms with van der Waals surface area (Å²) in [4.78, 5) is 14.6. The van der Waals surface area contributed by atoms with Crippen LogP contribution in [-0.2, 0) is 0 Å². The van der Waals surface area contributed by atoms with Crippen LogP contribution in [0.15, 0.2) is 18.2 Å². The summed E-state index contributed by atoms with van der Waals surface area (Å²) in [5, 5.41) is 10.4. The van der Waals surface area contributed by atoms with Crippen LogP contribution in [0.1, 0.15) is 41.6 Å². The molecule has 1 aromatic rings. The molecule has 2 fully saturated rings. The Kier molecular flexibility index (Phi) is 3.27. The minimum atomic E-state index is -0.248. The lowest BCUT2D eigenvalue weighted by molar-refractivity contribution is 0.0287. The van der Waals surface area contributed by atoms with Crippen molar-refractivity contribution in [2.45, 2.75) is 50.8 Å². The monoisotopic (exact) mass is 279 g/mol. The second-order valence-corrected chi connectivity index (χ2v) is 6.18. The Labute approximate surface area is 118 Å². The average Bonchev–Trinajstić information content (AvgIpc) is 2.59. The third-order valence-electron chi connectivity index (χ3n) is 4.23. The van der Waals surface area contributed by atoms with Gasteiger partial charge in [-0.3, -0.25) is 4.79 Å². The van der Waals surface area contributed by atoms with Gasteiger partial charge in [0.15, 0.2) is 0 Å². The number of aliphatic hydroxyl groups excluding tert-OH is 1. The number of rotatable bonds is 1. The van der Waals surface area contributed by atoms with Crippen LogP contribution < -0.4 is 0 Å². The van der Waals surface area contributed by atoms with Gasteiger partial charge in [0.1, 0.15) is 0 Å². The van der Waals surface area contributed by atoms with Crippen LogP contribution in [0.4, 0.5) is 0 Å². The third-order valence-corrected chi connectivity index (χ3v) is 4.45. The molecule has 3 nitrogen and oxygen atoms in total.